The second kappa shape index (κ2) is 5.39. The van der Waals surface area contributed by atoms with E-state index in [1.165, 1.54) is 13.4 Å². The van der Waals surface area contributed by atoms with E-state index in [1.807, 2.05) is 0 Å². The molecule has 5 nitrogen and oxygen atoms in total. The third-order valence-corrected chi connectivity index (χ3v) is 2.65. The van der Waals surface area contributed by atoms with Crippen molar-refractivity contribution < 1.29 is 18.7 Å². The second-order valence-electron chi connectivity index (χ2n) is 3.92. The summed E-state index contributed by atoms with van der Waals surface area (Å²) >= 11 is 0. The fourth-order valence-corrected chi connectivity index (χ4v) is 1.66. The Morgan fingerprint density at radius 3 is 2.58 bits per heavy atom. The molecule has 5 heteroatoms. The first-order valence-electron chi connectivity index (χ1n) is 5.66. The van der Waals surface area contributed by atoms with Gasteiger partial charge in [0, 0.05) is 5.56 Å². The first-order valence-corrected chi connectivity index (χ1v) is 5.66. The Morgan fingerprint density at radius 2 is 1.95 bits per heavy atom. The summed E-state index contributed by atoms with van der Waals surface area (Å²) in [4.78, 5) is 23.6. The molecule has 1 heterocycles. The highest BCUT2D eigenvalue weighted by atomic mass is 16.5. The van der Waals surface area contributed by atoms with Gasteiger partial charge in [-0.2, -0.15) is 0 Å². The fourth-order valence-electron chi connectivity index (χ4n) is 1.66. The van der Waals surface area contributed by atoms with Gasteiger partial charge in [-0.3, -0.25) is 4.79 Å². The Morgan fingerprint density at radius 1 is 1.21 bits per heavy atom. The normalized spacial score (nSPS) is 10.0. The van der Waals surface area contributed by atoms with Crippen LogP contribution in [0.5, 0.6) is 0 Å². The van der Waals surface area contributed by atoms with Gasteiger partial charge in [-0.1, -0.05) is 12.1 Å². The Kier molecular flexibility index (Phi) is 3.66. The van der Waals surface area contributed by atoms with Crippen LogP contribution in [0, 0.1) is 6.92 Å². The summed E-state index contributed by atoms with van der Waals surface area (Å²) in [6.45, 7) is 1.77. The number of benzene rings is 1. The number of carbonyl (C=O) groups excluding carboxylic acids is 2. The van der Waals surface area contributed by atoms with Crippen molar-refractivity contribution in [1.29, 1.82) is 0 Å². The van der Waals surface area contributed by atoms with Crippen molar-refractivity contribution in [2.75, 3.05) is 12.4 Å². The van der Waals surface area contributed by atoms with E-state index < -0.39 is 11.9 Å². The smallest absolute Gasteiger partial charge is 0.339 e. The third kappa shape index (κ3) is 2.65. The molecule has 0 fully saturated rings. The van der Waals surface area contributed by atoms with E-state index in [9.17, 15) is 9.59 Å². The van der Waals surface area contributed by atoms with Crippen LogP contribution in [-0.2, 0) is 4.74 Å². The molecule has 0 aliphatic rings. The van der Waals surface area contributed by atoms with Crippen LogP contribution in [-0.4, -0.2) is 19.0 Å². The number of carbonyl (C=O) groups is 2. The van der Waals surface area contributed by atoms with E-state index >= 15 is 0 Å². The zero-order chi connectivity index (χ0) is 13.8. The maximum Gasteiger partial charge on any atom is 0.339 e. The number of ether oxygens (including phenoxy) is 1. The summed E-state index contributed by atoms with van der Waals surface area (Å²) < 4.78 is 9.76. The van der Waals surface area contributed by atoms with E-state index in [0.29, 0.717) is 11.3 Å². The van der Waals surface area contributed by atoms with E-state index in [-0.39, 0.29) is 5.76 Å². The van der Waals surface area contributed by atoms with Crippen LogP contribution in [0.2, 0.25) is 0 Å². The number of nitrogens with one attached hydrogen (secondary N) is 1. The number of methoxy groups -OCH3 is 1. The van der Waals surface area contributed by atoms with Crippen LogP contribution in [0.1, 0.15) is 26.5 Å². The lowest BCUT2D eigenvalue weighted by molar-refractivity contribution is 0.0602. The molecule has 0 aliphatic heterocycles. The molecule has 19 heavy (non-hydrogen) atoms. The van der Waals surface area contributed by atoms with E-state index in [2.05, 4.69) is 10.1 Å². The molecular weight excluding hydrogens is 246 g/mol. The van der Waals surface area contributed by atoms with E-state index in [0.717, 1.165) is 5.56 Å². The molecule has 0 saturated carbocycles. The molecule has 0 spiro atoms. The van der Waals surface area contributed by atoms with E-state index in [1.54, 1.807) is 37.3 Å². The highest BCUT2D eigenvalue weighted by molar-refractivity contribution is 6.07. The lowest BCUT2D eigenvalue weighted by atomic mass is 10.1. The Bertz CT molecular complexity index is 615. The van der Waals surface area contributed by atoms with Gasteiger partial charge >= 0.3 is 5.97 Å². The maximum atomic E-state index is 12.0. The molecule has 0 bridgehead atoms. The van der Waals surface area contributed by atoms with Crippen LogP contribution in [0.15, 0.2) is 41.0 Å². The first-order chi connectivity index (χ1) is 9.13. The largest absolute Gasteiger partial charge is 0.465 e. The van der Waals surface area contributed by atoms with Crippen LogP contribution in [0.3, 0.4) is 0 Å². The zero-order valence-electron chi connectivity index (χ0n) is 10.6. The Balaban J connectivity index is 2.27. The van der Waals surface area contributed by atoms with E-state index in [4.69, 9.17) is 4.42 Å². The lowest BCUT2D eigenvalue weighted by Crippen LogP contribution is -2.15. The molecule has 0 unspecified atom stereocenters. The molecular formula is C14H13NO4. The molecule has 98 valence electrons. The average molecular weight is 259 g/mol. The quantitative estimate of drug-likeness (QED) is 0.860. The van der Waals surface area contributed by atoms with Gasteiger partial charge < -0.3 is 14.5 Å². The molecule has 2 rings (SSSR count). The van der Waals surface area contributed by atoms with Crippen molar-refractivity contribution in [3.63, 3.8) is 0 Å². The second-order valence-corrected chi connectivity index (χ2v) is 3.92. The van der Waals surface area contributed by atoms with Crippen molar-refractivity contribution >= 4 is 17.6 Å². The van der Waals surface area contributed by atoms with Gasteiger partial charge in [-0.25, -0.2) is 4.79 Å². The van der Waals surface area contributed by atoms with Gasteiger partial charge in [0.2, 0.25) is 0 Å². The number of aryl methyl sites for hydroxylation is 1. The average Bonchev–Trinajstić information content (AvgIpc) is 2.85. The van der Waals surface area contributed by atoms with Gasteiger partial charge in [0.25, 0.3) is 5.91 Å². The lowest BCUT2D eigenvalue weighted by Gasteiger charge is -2.08. The number of para-hydroxylation sites is 1. The molecule has 0 radical (unpaired) electrons. The predicted molar refractivity (Wildman–Crippen MR) is 69.2 cm³/mol. The molecule has 0 atom stereocenters. The number of furan rings is 1. The number of rotatable bonds is 3. The van der Waals surface area contributed by atoms with Crippen molar-refractivity contribution in [1.82, 2.24) is 0 Å². The molecule has 1 aromatic carbocycles. The SMILES string of the molecule is COC(=O)c1ccccc1NC(=O)c1occc1C. The minimum Gasteiger partial charge on any atom is -0.465 e. The monoisotopic (exact) mass is 259 g/mol. The summed E-state index contributed by atoms with van der Waals surface area (Å²) in [5.41, 5.74) is 1.41. The van der Waals surface area contributed by atoms with Gasteiger partial charge in [0.1, 0.15) is 0 Å². The first kappa shape index (κ1) is 12.9. The predicted octanol–water partition coefficient (Wildman–Crippen LogP) is 2.63. The van der Waals surface area contributed by atoms with Crippen molar-refractivity contribution in [2.45, 2.75) is 6.92 Å². The highest BCUT2D eigenvalue weighted by Crippen LogP contribution is 2.18. The number of esters is 1. The summed E-state index contributed by atoms with van der Waals surface area (Å²) in [5, 5.41) is 2.64. The van der Waals surface area contributed by atoms with Crippen molar-refractivity contribution in [3.8, 4) is 0 Å². The summed E-state index contributed by atoms with van der Waals surface area (Å²) in [6, 6.07) is 8.32. The number of anilines is 1. The van der Waals surface area contributed by atoms with Gasteiger partial charge in [0.05, 0.1) is 24.6 Å². The van der Waals surface area contributed by atoms with Crippen LogP contribution >= 0.6 is 0 Å². The standard InChI is InChI=1S/C14H13NO4/c1-9-7-8-19-12(9)13(16)15-11-6-4-3-5-10(11)14(17)18-2/h3-8H,1-2H3,(H,15,16). The van der Waals surface area contributed by atoms with Crippen molar-refractivity contribution in [3.05, 3.63) is 53.5 Å². The van der Waals surface area contributed by atoms with Gasteiger partial charge in [0.15, 0.2) is 5.76 Å². The Hall–Kier alpha value is -2.56. The number of amides is 1. The number of hydrogen-bond donors (Lipinski definition) is 1. The minimum absolute atomic E-state index is 0.222. The molecule has 1 amide bonds. The van der Waals surface area contributed by atoms with Gasteiger partial charge in [-0.15, -0.1) is 0 Å². The van der Waals surface area contributed by atoms with Crippen LogP contribution in [0.25, 0.3) is 0 Å². The minimum atomic E-state index is -0.507. The van der Waals surface area contributed by atoms with Crippen LogP contribution < -0.4 is 5.32 Å². The molecule has 1 N–H and O–H groups in total. The highest BCUT2D eigenvalue weighted by Gasteiger charge is 2.17. The topological polar surface area (TPSA) is 68.5 Å². The summed E-state index contributed by atoms with van der Waals surface area (Å²) in [7, 11) is 1.29. The van der Waals surface area contributed by atoms with Crippen LogP contribution in [0.4, 0.5) is 5.69 Å². The molecule has 0 saturated heterocycles. The molecule has 0 aliphatic carbocycles. The molecule has 2 aromatic rings. The fraction of sp³-hybridized carbons (Fsp3) is 0.143. The number of hydrogen-bond acceptors (Lipinski definition) is 4. The third-order valence-electron chi connectivity index (χ3n) is 2.65. The van der Waals surface area contributed by atoms with Gasteiger partial charge in [-0.05, 0) is 25.1 Å². The van der Waals surface area contributed by atoms with Crippen molar-refractivity contribution in [2.24, 2.45) is 0 Å². The molecule has 1 aromatic heterocycles. The summed E-state index contributed by atoms with van der Waals surface area (Å²) in [5.74, 6) is -0.689. The maximum absolute atomic E-state index is 12.0. The summed E-state index contributed by atoms with van der Waals surface area (Å²) in [6.07, 6.45) is 1.44. The Labute approximate surface area is 110 Å². The zero-order valence-corrected chi connectivity index (χ0v) is 10.6.